The lowest BCUT2D eigenvalue weighted by Gasteiger charge is -2.31. The SMILES string of the molecule is CC(C)c1nc(Cl)cc(OCC2CCCCN2C)n1. The van der Waals surface area contributed by atoms with Crippen LogP contribution in [0.5, 0.6) is 5.88 Å². The summed E-state index contributed by atoms with van der Waals surface area (Å²) in [4.78, 5) is 11.0. The Balaban J connectivity index is 1.98. The molecule has 1 fully saturated rings. The predicted octanol–water partition coefficient (Wildman–Crippen LogP) is 3.12. The van der Waals surface area contributed by atoms with Crippen molar-refractivity contribution in [2.75, 3.05) is 20.2 Å². The summed E-state index contributed by atoms with van der Waals surface area (Å²) in [7, 11) is 2.15. The van der Waals surface area contributed by atoms with Crippen LogP contribution in [0.2, 0.25) is 5.15 Å². The van der Waals surface area contributed by atoms with Crippen molar-refractivity contribution in [2.45, 2.75) is 45.1 Å². The smallest absolute Gasteiger partial charge is 0.218 e. The number of hydrogen-bond acceptors (Lipinski definition) is 4. The van der Waals surface area contributed by atoms with Gasteiger partial charge in [0.15, 0.2) is 0 Å². The van der Waals surface area contributed by atoms with E-state index in [2.05, 4.69) is 21.9 Å². The summed E-state index contributed by atoms with van der Waals surface area (Å²) in [5.74, 6) is 1.57. The standard InChI is InChI=1S/C14H22ClN3O/c1-10(2)14-16-12(15)8-13(17-14)19-9-11-6-4-5-7-18(11)3/h8,10-11H,4-7,9H2,1-3H3. The van der Waals surface area contributed by atoms with Gasteiger partial charge in [0.2, 0.25) is 5.88 Å². The van der Waals surface area contributed by atoms with Crippen molar-refractivity contribution in [1.82, 2.24) is 14.9 Å². The highest BCUT2D eigenvalue weighted by Gasteiger charge is 2.19. The van der Waals surface area contributed by atoms with Crippen molar-refractivity contribution in [3.8, 4) is 5.88 Å². The Hall–Kier alpha value is -0.870. The van der Waals surface area contributed by atoms with Crippen molar-refractivity contribution in [3.63, 3.8) is 0 Å². The summed E-state index contributed by atoms with van der Waals surface area (Å²) >= 11 is 6.00. The Morgan fingerprint density at radius 2 is 2.21 bits per heavy atom. The molecule has 0 bridgehead atoms. The number of likely N-dealkylation sites (tertiary alicyclic amines) is 1. The van der Waals surface area contributed by atoms with Gasteiger partial charge in [-0.25, -0.2) is 4.98 Å². The van der Waals surface area contributed by atoms with Gasteiger partial charge in [0.1, 0.15) is 17.6 Å². The predicted molar refractivity (Wildman–Crippen MR) is 76.9 cm³/mol. The average Bonchev–Trinajstić information content (AvgIpc) is 2.37. The van der Waals surface area contributed by atoms with Gasteiger partial charge in [0.25, 0.3) is 0 Å². The number of piperidine rings is 1. The molecule has 0 aromatic carbocycles. The van der Waals surface area contributed by atoms with Crippen molar-refractivity contribution < 1.29 is 4.74 Å². The molecule has 1 atom stereocenters. The summed E-state index contributed by atoms with van der Waals surface area (Å²) in [6.45, 7) is 5.91. The molecule has 0 aliphatic carbocycles. The fourth-order valence-electron chi connectivity index (χ4n) is 2.28. The molecule has 0 N–H and O–H groups in total. The largest absolute Gasteiger partial charge is 0.476 e. The lowest BCUT2D eigenvalue weighted by Crippen LogP contribution is -2.40. The fraction of sp³-hybridized carbons (Fsp3) is 0.714. The first-order chi connectivity index (χ1) is 9.06. The van der Waals surface area contributed by atoms with Crippen LogP contribution >= 0.6 is 11.6 Å². The molecule has 0 saturated carbocycles. The molecule has 5 heteroatoms. The van der Waals surface area contributed by atoms with Crippen molar-refractivity contribution in [3.05, 3.63) is 17.0 Å². The number of nitrogens with zero attached hydrogens (tertiary/aromatic N) is 3. The van der Waals surface area contributed by atoms with E-state index in [1.54, 1.807) is 6.07 Å². The van der Waals surface area contributed by atoms with Crippen LogP contribution in [0.1, 0.15) is 44.9 Å². The molecule has 106 valence electrons. The fourth-order valence-corrected chi connectivity index (χ4v) is 2.46. The Labute approximate surface area is 120 Å². The van der Waals surface area contributed by atoms with Gasteiger partial charge in [-0.1, -0.05) is 31.9 Å². The quantitative estimate of drug-likeness (QED) is 0.796. The van der Waals surface area contributed by atoms with E-state index in [1.807, 2.05) is 13.8 Å². The van der Waals surface area contributed by atoms with Gasteiger partial charge in [0, 0.05) is 18.0 Å². The second-order valence-corrected chi connectivity index (χ2v) is 5.87. The van der Waals surface area contributed by atoms with Gasteiger partial charge < -0.3 is 9.64 Å². The molecular weight excluding hydrogens is 262 g/mol. The summed E-state index contributed by atoms with van der Waals surface area (Å²) in [5.41, 5.74) is 0. The van der Waals surface area contributed by atoms with E-state index >= 15 is 0 Å². The van der Waals surface area contributed by atoms with Crippen LogP contribution in [0, 0.1) is 0 Å². The van der Waals surface area contributed by atoms with Crippen LogP contribution in [0.3, 0.4) is 0 Å². The van der Waals surface area contributed by atoms with E-state index < -0.39 is 0 Å². The highest BCUT2D eigenvalue weighted by Crippen LogP contribution is 2.20. The molecule has 1 aromatic heterocycles. The molecule has 0 amide bonds. The topological polar surface area (TPSA) is 38.2 Å². The van der Waals surface area contributed by atoms with E-state index in [0.29, 0.717) is 23.7 Å². The molecule has 1 aliphatic rings. The number of hydrogen-bond donors (Lipinski definition) is 0. The molecule has 1 aliphatic heterocycles. The second kappa shape index (κ2) is 6.53. The molecule has 0 spiro atoms. The molecule has 1 unspecified atom stereocenters. The van der Waals surface area contributed by atoms with Gasteiger partial charge in [-0.2, -0.15) is 4.98 Å². The van der Waals surface area contributed by atoms with E-state index in [0.717, 1.165) is 12.4 Å². The first kappa shape index (κ1) is 14.5. The normalized spacial score (nSPS) is 20.8. The van der Waals surface area contributed by atoms with Crippen molar-refractivity contribution >= 4 is 11.6 Å². The van der Waals surface area contributed by atoms with Gasteiger partial charge in [-0.3, -0.25) is 0 Å². The van der Waals surface area contributed by atoms with Gasteiger partial charge in [-0.15, -0.1) is 0 Å². The third kappa shape index (κ3) is 4.05. The Morgan fingerprint density at radius 1 is 1.42 bits per heavy atom. The maximum atomic E-state index is 6.00. The van der Waals surface area contributed by atoms with Gasteiger partial charge >= 0.3 is 0 Å². The maximum absolute atomic E-state index is 6.00. The third-order valence-electron chi connectivity index (χ3n) is 3.55. The monoisotopic (exact) mass is 283 g/mol. The van der Waals surface area contributed by atoms with Gasteiger partial charge in [-0.05, 0) is 26.4 Å². The van der Waals surface area contributed by atoms with E-state index in [9.17, 15) is 0 Å². The summed E-state index contributed by atoms with van der Waals surface area (Å²) in [6.07, 6.45) is 3.75. The van der Waals surface area contributed by atoms with Crippen molar-refractivity contribution in [2.24, 2.45) is 0 Å². The molecule has 1 aromatic rings. The molecule has 19 heavy (non-hydrogen) atoms. The number of halogens is 1. The van der Waals surface area contributed by atoms with Crippen LogP contribution in [0.15, 0.2) is 6.07 Å². The maximum Gasteiger partial charge on any atom is 0.218 e. The van der Waals surface area contributed by atoms with Crippen LogP contribution in [0.4, 0.5) is 0 Å². The lowest BCUT2D eigenvalue weighted by atomic mass is 10.0. The summed E-state index contributed by atoms with van der Waals surface area (Å²) in [6, 6.07) is 2.17. The summed E-state index contributed by atoms with van der Waals surface area (Å²) < 4.78 is 5.81. The van der Waals surface area contributed by atoms with E-state index in [4.69, 9.17) is 16.3 Å². The van der Waals surface area contributed by atoms with Crippen LogP contribution in [0.25, 0.3) is 0 Å². The Kier molecular flexibility index (Phi) is 4.99. The lowest BCUT2D eigenvalue weighted by molar-refractivity contribution is 0.122. The van der Waals surface area contributed by atoms with E-state index in [1.165, 1.54) is 19.3 Å². The molecular formula is C14H22ClN3O. The molecule has 0 radical (unpaired) electrons. The van der Waals surface area contributed by atoms with E-state index in [-0.39, 0.29) is 5.92 Å². The summed E-state index contributed by atoms with van der Waals surface area (Å²) in [5, 5.41) is 0.450. The molecule has 2 rings (SSSR count). The van der Waals surface area contributed by atoms with Crippen LogP contribution in [-0.2, 0) is 0 Å². The number of rotatable bonds is 4. The average molecular weight is 284 g/mol. The zero-order chi connectivity index (χ0) is 13.8. The number of likely N-dealkylation sites (N-methyl/N-ethyl adjacent to an activating group) is 1. The van der Waals surface area contributed by atoms with Crippen molar-refractivity contribution in [1.29, 1.82) is 0 Å². The first-order valence-corrected chi connectivity index (χ1v) is 7.31. The molecule has 4 nitrogen and oxygen atoms in total. The second-order valence-electron chi connectivity index (χ2n) is 5.48. The van der Waals surface area contributed by atoms with Crippen LogP contribution in [-0.4, -0.2) is 41.1 Å². The highest BCUT2D eigenvalue weighted by molar-refractivity contribution is 6.29. The Morgan fingerprint density at radius 3 is 2.89 bits per heavy atom. The minimum Gasteiger partial charge on any atom is -0.476 e. The first-order valence-electron chi connectivity index (χ1n) is 6.94. The molecule has 1 saturated heterocycles. The third-order valence-corrected chi connectivity index (χ3v) is 3.74. The van der Waals surface area contributed by atoms with Gasteiger partial charge in [0.05, 0.1) is 0 Å². The number of aromatic nitrogens is 2. The zero-order valence-electron chi connectivity index (χ0n) is 11.9. The highest BCUT2D eigenvalue weighted by atomic mass is 35.5. The van der Waals surface area contributed by atoms with Crippen LogP contribution < -0.4 is 4.74 Å². The number of ether oxygens (including phenoxy) is 1. The zero-order valence-corrected chi connectivity index (χ0v) is 12.7. The Bertz CT molecular complexity index is 425. The molecule has 2 heterocycles. The minimum atomic E-state index is 0.249. The minimum absolute atomic E-state index is 0.249.